The van der Waals surface area contributed by atoms with E-state index in [0.717, 1.165) is 11.8 Å². The summed E-state index contributed by atoms with van der Waals surface area (Å²) in [6, 6.07) is 6.98. The van der Waals surface area contributed by atoms with Gasteiger partial charge in [-0.3, -0.25) is 0 Å². The summed E-state index contributed by atoms with van der Waals surface area (Å²) in [5, 5.41) is 0.581. The van der Waals surface area contributed by atoms with Crippen LogP contribution in [0.4, 0.5) is 0 Å². The Kier molecular flexibility index (Phi) is 4.35. The van der Waals surface area contributed by atoms with E-state index in [4.69, 9.17) is 11.6 Å². The van der Waals surface area contributed by atoms with E-state index in [1.54, 1.807) is 6.07 Å². The first-order chi connectivity index (χ1) is 7.31. The Morgan fingerprint density at radius 2 is 1.81 bits per heavy atom. The Bertz CT molecular complexity index is 457. The molecule has 0 aliphatic carbocycles. The number of hydrogen-bond acceptors (Lipinski definition) is 2. The minimum Gasteiger partial charge on any atom is -0.213 e. The zero-order chi connectivity index (χ0) is 12.3. The first-order valence-electron chi connectivity index (χ1n) is 5.03. The van der Waals surface area contributed by atoms with Crippen molar-refractivity contribution in [2.45, 2.75) is 19.9 Å². The molecule has 0 aliphatic rings. The van der Waals surface area contributed by atoms with Crippen molar-refractivity contribution in [3.05, 3.63) is 34.9 Å². The molecule has 0 spiro atoms. The van der Waals surface area contributed by atoms with Crippen LogP contribution in [0.15, 0.2) is 24.3 Å². The van der Waals surface area contributed by atoms with Crippen LogP contribution >= 0.6 is 11.6 Å². The lowest BCUT2D eigenvalue weighted by atomic mass is 9.97. The average molecular weight is 262 g/mol. The largest absolute Gasteiger partial charge is 0.213 e. The number of halogens is 1. The molecule has 1 N–H and O–H groups in total. The van der Waals surface area contributed by atoms with Gasteiger partial charge in [0.15, 0.2) is 0 Å². The van der Waals surface area contributed by atoms with Crippen molar-refractivity contribution in [2.75, 3.05) is 6.26 Å². The third-order valence-corrected chi connectivity index (χ3v) is 3.27. The van der Waals surface area contributed by atoms with Crippen molar-refractivity contribution in [1.29, 1.82) is 0 Å². The number of rotatable bonds is 4. The monoisotopic (exact) mass is 261 g/mol. The molecule has 0 heterocycles. The van der Waals surface area contributed by atoms with Gasteiger partial charge in [0, 0.05) is 5.02 Å². The first kappa shape index (κ1) is 13.5. The fourth-order valence-electron chi connectivity index (χ4n) is 1.52. The molecule has 1 aromatic rings. The van der Waals surface area contributed by atoms with Crippen LogP contribution in [0.2, 0.25) is 5.02 Å². The van der Waals surface area contributed by atoms with Gasteiger partial charge in [0.2, 0.25) is 10.0 Å². The van der Waals surface area contributed by atoms with Crippen LogP contribution in [-0.4, -0.2) is 14.7 Å². The van der Waals surface area contributed by atoms with E-state index >= 15 is 0 Å². The van der Waals surface area contributed by atoms with Crippen molar-refractivity contribution in [3.63, 3.8) is 0 Å². The molecular weight excluding hydrogens is 246 g/mol. The second-order valence-corrected chi connectivity index (χ2v) is 6.32. The summed E-state index contributed by atoms with van der Waals surface area (Å²) in [6.45, 7) is 3.90. The van der Waals surface area contributed by atoms with Gasteiger partial charge in [-0.25, -0.2) is 13.1 Å². The molecule has 0 bridgehead atoms. The second kappa shape index (κ2) is 5.17. The Morgan fingerprint density at radius 1 is 1.25 bits per heavy atom. The summed E-state index contributed by atoms with van der Waals surface area (Å²) >= 11 is 6.06. The van der Waals surface area contributed by atoms with Crippen LogP contribution < -0.4 is 4.72 Å². The smallest absolute Gasteiger partial charge is 0.209 e. The lowest BCUT2D eigenvalue weighted by molar-refractivity contribution is 0.465. The SMILES string of the molecule is CC(C)[C@H](NS(C)(=O)=O)c1ccccc1Cl. The van der Waals surface area contributed by atoms with Gasteiger partial charge in [-0.2, -0.15) is 0 Å². The highest BCUT2D eigenvalue weighted by Crippen LogP contribution is 2.28. The molecule has 0 fully saturated rings. The maximum absolute atomic E-state index is 11.3. The molecule has 16 heavy (non-hydrogen) atoms. The molecule has 1 atom stereocenters. The molecule has 0 unspecified atom stereocenters. The molecule has 0 amide bonds. The number of benzene rings is 1. The van der Waals surface area contributed by atoms with Crippen molar-refractivity contribution < 1.29 is 8.42 Å². The first-order valence-corrected chi connectivity index (χ1v) is 7.30. The van der Waals surface area contributed by atoms with E-state index in [9.17, 15) is 8.42 Å². The predicted molar refractivity (Wildman–Crippen MR) is 67.0 cm³/mol. The highest BCUT2D eigenvalue weighted by molar-refractivity contribution is 7.88. The maximum atomic E-state index is 11.3. The Balaban J connectivity index is 3.09. The predicted octanol–water partition coefficient (Wildman–Crippen LogP) is 2.59. The summed E-state index contributed by atoms with van der Waals surface area (Å²) in [6.07, 6.45) is 1.15. The highest BCUT2D eigenvalue weighted by atomic mass is 35.5. The summed E-state index contributed by atoms with van der Waals surface area (Å²) in [4.78, 5) is 0. The van der Waals surface area contributed by atoms with E-state index in [2.05, 4.69) is 4.72 Å². The van der Waals surface area contributed by atoms with Crippen LogP contribution in [0.25, 0.3) is 0 Å². The molecule has 0 saturated carbocycles. The topological polar surface area (TPSA) is 46.2 Å². The average Bonchev–Trinajstić information content (AvgIpc) is 2.13. The Morgan fingerprint density at radius 3 is 2.25 bits per heavy atom. The lowest BCUT2D eigenvalue weighted by Crippen LogP contribution is -2.31. The molecule has 5 heteroatoms. The molecule has 90 valence electrons. The van der Waals surface area contributed by atoms with Crippen molar-refractivity contribution in [3.8, 4) is 0 Å². The molecule has 1 aromatic carbocycles. The molecule has 0 aliphatic heterocycles. The van der Waals surface area contributed by atoms with Crippen LogP contribution in [0.3, 0.4) is 0 Å². The van der Waals surface area contributed by atoms with E-state index in [1.165, 1.54) is 0 Å². The normalized spacial score (nSPS) is 14.1. The summed E-state index contributed by atoms with van der Waals surface area (Å²) < 4.78 is 25.2. The number of sulfonamides is 1. The quantitative estimate of drug-likeness (QED) is 0.906. The molecule has 0 saturated heterocycles. The molecule has 0 radical (unpaired) electrons. The van der Waals surface area contributed by atoms with Crippen molar-refractivity contribution >= 4 is 21.6 Å². The summed E-state index contributed by atoms with van der Waals surface area (Å²) in [7, 11) is -3.24. The van der Waals surface area contributed by atoms with E-state index in [0.29, 0.717) is 5.02 Å². The van der Waals surface area contributed by atoms with Crippen LogP contribution in [0.5, 0.6) is 0 Å². The van der Waals surface area contributed by atoms with Crippen LogP contribution in [0, 0.1) is 5.92 Å². The van der Waals surface area contributed by atoms with Crippen molar-refractivity contribution in [1.82, 2.24) is 4.72 Å². The van der Waals surface area contributed by atoms with E-state index in [-0.39, 0.29) is 12.0 Å². The zero-order valence-electron chi connectivity index (χ0n) is 9.57. The van der Waals surface area contributed by atoms with Crippen LogP contribution in [0.1, 0.15) is 25.5 Å². The van der Waals surface area contributed by atoms with E-state index in [1.807, 2.05) is 32.0 Å². The number of hydrogen-bond donors (Lipinski definition) is 1. The van der Waals surface area contributed by atoms with Gasteiger partial charge in [0.25, 0.3) is 0 Å². The minimum atomic E-state index is -3.24. The van der Waals surface area contributed by atoms with Gasteiger partial charge in [-0.15, -0.1) is 0 Å². The Hall–Kier alpha value is -0.580. The summed E-state index contributed by atoms with van der Waals surface area (Å²) in [5.74, 6) is 0.134. The highest BCUT2D eigenvalue weighted by Gasteiger charge is 2.21. The minimum absolute atomic E-state index is 0.134. The Labute approximate surface area is 102 Å². The van der Waals surface area contributed by atoms with E-state index < -0.39 is 10.0 Å². The summed E-state index contributed by atoms with van der Waals surface area (Å²) in [5.41, 5.74) is 0.810. The van der Waals surface area contributed by atoms with Gasteiger partial charge in [-0.05, 0) is 17.5 Å². The maximum Gasteiger partial charge on any atom is 0.209 e. The third-order valence-electron chi connectivity index (χ3n) is 2.25. The fraction of sp³-hybridized carbons (Fsp3) is 0.455. The van der Waals surface area contributed by atoms with Gasteiger partial charge in [0.1, 0.15) is 0 Å². The van der Waals surface area contributed by atoms with Gasteiger partial charge in [-0.1, -0.05) is 43.6 Å². The molecule has 0 aromatic heterocycles. The molecule has 1 rings (SSSR count). The van der Waals surface area contributed by atoms with Gasteiger partial charge < -0.3 is 0 Å². The van der Waals surface area contributed by atoms with Crippen molar-refractivity contribution in [2.24, 2.45) is 5.92 Å². The van der Waals surface area contributed by atoms with Gasteiger partial charge in [0.05, 0.1) is 12.3 Å². The zero-order valence-corrected chi connectivity index (χ0v) is 11.1. The third kappa shape index (κ3) is 3.77. The second-order valence-electron chi connectivity index (χ2n) is 4.13. The lowest BCUT2D eigenvalue weighted by Gasteiger charge is -2.22. The molecular formula is C11H16ClNO2S. The molecule has 3 nitrogen and oxygen atoms in total. The van der Waals surface area contributed by atoms with Crippen LogP contribution in [-0.2, 0) is 10.0 Å². The standard InChI is InChI=1S/C11H16ClNO2S/c1-8(2)11(13-16(3,14)15)9-6-4-5-7-10(9)12/h4-8,11,13H,1-3H3/t11-/m0/s1. The fourth-order valence-corrected chi connectivity index (χ4v) is 2.63. The van der Waals surface area contributed by atoms with Gasteiger partial charge >= 0.3 is 0 Å². The number of nitrogens with one attached hydrogen (secondary N) is 1.